The summed E-state index contributed by atoms with van der Waals surface area (Å²) in [5.41, 5.74) is 7.36. The molecule has 0 saturated carbocycles. The van der Waals surface area contributed by atoms with Crippen molar-refractivity contribution in [3.8, 4) is 0 Å². The van der Waals surface area contributed by atoms with Crippen LogP contribution >= 0.6 is 11.3 Å². The summed E-state index contributed by atoms with van der Waals surface area (Å²) in [6.07, 6.45) is 0.874. The highest BCUT2D eigenvalue weighted by molar-refractivity contribution is 7.09. The lowest BCUT2D eigenvalue weighted by atomic mass is 9.93. The molecule has 2 N–H and O–H groups in total. The maximum atomic E-state index is 6.05. The second-order valence-electron chi connectivity index (χ2n) is 5.60. The van der Waals surface area contributed by atoms with Gasteiger partial charge in [0.05, 0.1) is 10.7 Å². The standard InChI is InChI=1S/C12H23N3S/c1-12(2,3)10-8-16-11(14-10)6-9(13)7-15(4)5/h8-9H,6-7,13H2,1-5H3. The summed E-state index contributed by atoms with van der Waals surface area (Å²) in [5.74, 6) is 0. The van der Waals surface area contributed by atoms with Crippen LogP contribution in [-0.2, 0) is 11.8 Å². The zero-order valence-electron chi connectivity index (χ0n) is 10.9. The van der Waals surface area contributed by atoms with Gasteiger partial charge in [0.25, 0.3) is 0 Å². The van der Waals surface area contributed by atoms with Crippen LogP contribution in [0.4, 0.5) is 0 Å². The topological polar surface area (TPSA) is 42.1 Å². The van der Waals surface area contributed by atoms with Crippen LogP contribution in [0.25, 0.3) is 0 Å². The van der Waals surface area contributed by atoms with E-state index in [9.17, 15) is 0 Å². The molecular weight excluding hydrogens is 218 g/mol. The number of aromatic nitrogens is 1. The van der Waals surface area contributed by atoms with Crippen molar-refractivity contribution in [1.29, 1.82) is 0 Å². The van der Waals surface area contributed by atoms with E-state index in [1.54, 1.807) is 11.3 Å². The lowest BCUT2D eigenvalue weighted by Gasteiger charge is -2.16. The second-order valence-corrected chi connectivity index (χ2v) is 6.55. The van der Waals surface area contributed by atoms with Crippen molar-refractivity contribution >= 4 is 11.3 Å². The Balaban J connectivity index is 2.59. The van der Waals surface area contributed by atoms with Crippen molar-refractivity contribution in [3.63, 3.8) is 0 Å². The summed E-state index contributed by atoms with van der Waals surface area (Å²) >= 11 is 1.72. The zero-order chi connectivity index (χ0) is 12.3. The van der Waals surface area contributed by atoms with Gasteiger partial charge in [-0.05, 0) is 14.1 Å². The molecule has 3 nitrogen and oxygen atoms in total. The highest BCUT2D eigenvalue weighted by Gasteiger charge is 2.18. The maximum Gasteiger partial charge on any atom is 0.0944 e. The number of nitrogens with zero attached hydrogens (tertiary/aromatic N) is 2. The van der Waals surface area contributed by atoms with E-state index in [0.717, 1.165) is 18.0 Å². The van der Waals surface area contributed by atoms with Gasteiger partial charge >= 0.3 is 0 Å². The van der Waals surface area contributed by atoms with Gasteiger partial charge in [0.1, 0.15) is 0 Å². The molecule has 1 aromatic rings. The monoisotopic (exact) mass is 241 g/mol. The first kappa shape index (κ1) is 13.6. The molecule has 0 spiro atoms. The minimum atomic E-state index is 0.139. The number of rotatable bonds is 4. The molecule has 0 amide bonds. The SMILES string of the molecule is CN(C)CC(N)Cc1nc(C(C)(C)C)cs1. The third-order valence-corrected chi connectivity index (χ3v) is 3.23. The van der Waals surface area contributed by atoms with Gasteiger partial charge in [-0.15, -0.1) is 11.3 Å². The Morgan fingerprint density at radius 2 is 2.06 bits per heavy atom. The molecule has 0 aliphatic heterocycles. The van der Waals surface area contributed by atoms with Gasteiger partial charge in [-0.3, -0.25) is 0 Å². The molecule has 4 heteroatoms. The third-order valence-electron chi connectivity index (χ3n) is 2.36. The fraction of sp³-hybridized carbons (Fsp3) is 0.750. The predicted octanol–water partition coefficient (Wildman–Crippen LogP) is 1.87. The third kappa shape index (κ3) is 4.20. The summed E-state index contributed by atoms with van der Waals surface area (Å²) in [5, 5.41) is 3.30. The first-order chi connectivity index (χ1) is 7.29. The average molecular weight is 241 g/mol. The fourth-order valence-corrected chi connectivity index (χ4v) is 2.62. The highest BCUT2D eigenvalue weighted by atomic mass is 32.1. The summed E-state index contributed by atoms with van der Waals surface area (Å²) in [6, 6.07) is 0.175. The number of thiazole rings is 1. The molecule has 0 saturated heterocycles. The number of hydrogen-bond acceptors (Lipinski definition) is 4. The Morgan fingerprint density at radius 3 is 2.50 bits per heavy atom. The Labute approximate surface area is 103 Å². The fourth-order valence-electron chi connectivity index (χ4n) is 1.51. The van der Waals surface area contributed by atoms with E-state index in [1.807, 2.05) is 14.1 Å². The summed E-state index contributed by atoms with van der Waals surface area (Å²) in [7, 11) is 4.09. The van der Waals surface area contributed by atoms with Crippen LogP contribution in [0.3, 0.4) is 0 Å². The Kier molecular flexibility index (Phi) is 4.47. The van der Waals surface area contributed by atoms with Gasteiger partial charge in [0, 0.05) is 29.8 Å². The summed E-state index contributed by atoms with van der Waals surface area (Å²) in [4.78, 5) is 6.76. The zero-order valence-corrected chi connectivity index (χ0v) is 11.8. The van der Waals surface area contributed by atoms with Crippen LogP contribution in [0.5, 0.6) is 0 Å². The molecule has 1 aromatic heterocycles. The maximum absolute atomic E-state index is 6.05. The molecule has 0 aliphatic carbocycles. The molecule has 1 atom stereocenters. The van der Waals surface area contributed by atoms with Crippen LogP contribution in [0.1, 0.15) is 31.5 Å². The van der Waals surface area contributed by atoms with Crippen molar-refractivity contribution in [2.45, 2.75) is 38.6 Å². The Hall–Kier alpha value is -0.450. The first-order valence-electron chi connectivity index (χ1n) is 5.64. The first-order valence-corrected chi connectivity index (χ1v) is 6.52. The van der Waals surface area contributed by atoms with Gasteiger partial charge in [-0.1, -0.05) is 20.8 Å². The normalized spacial score (nSPS) is 14.4. The molecule has 0 aromatic carbocycles. The summed E-state index contributed by atoms with van der Waals surface area (Å²) in [6.45, 7) is 7.47. The van der Waals surface area contributed by atoms with E-state index in [1.165, 1.54) is 5.69 Å². The van der Waals surface area contributed by atoms with E-state index >= 15 is 0 Å². The molecule has 1 unspecified atom stereocenters. The molecule has 0 bridgehead atoms. The van der Waals surface area contributed by atoms with Crippen molar-refractivity contribution in [2.24, 2.45) is 5.73 Å². The number of hydrogen-bond donors (Lipinski definition) is 1. The lowest BCUT2D eigenvalue weighted by molar-refractivity contribution is 0.371. The van der Waals surface area contributed by atoms with Gasteiger partial charge in [-0.25, -0.2) is 4.98 Å². The van der Waals surface area contributed by atoms with Crippen molar-refractivity contribution in [3.05, 3.63) is 16.1 Å². The minimum Gasteiger partial charge on any atom is -0.326 e. The molecule has 92 valence electrons. The van der Waals surface area contributed by atoms with Crippen molar-refractivity contribution < 1.29 is 0 Å². The van der Waals surface area contributed by atoms with Gasteiger partial charge in [0.15, 0.2) is 0 Å². The van der Waals surface area contributed by atoms with Gasteiger partial charge in [-0.2, -0.15) is 0 Å². The quantitative estimate of drug-likeness (QED) is 0.875. The summed E-state index contributed by atoms with van der Waals surface area (Å²) < 4.78 is 0. The van der Waals surface area contributed by atoms with Crippen LogP contribution in [0.15, 0.2) is 5.38 Å². The van der Waals surface area contributed by atoms with E-state index < -0.39 is 0 Å². The molecule has 0 fully saturated rings. The van der Waals surface area contributed by atoms with E-state index in [-0.39, 0.29) is 11.5 Å². The molecule has 1 rings (SSSR count). The van der Waals surface area contributed by atoms with Crippen LogP contribution in [-0.4, -0.2) is 36.6 Å². The van der Waals surface area contributed by atoms with Gasteiger partial charge < -0.3 is 10.6 Å². The second kappa shape index (κ2) is 5.25. The minimum absolute atomic E-state index is 0.139. The Morgan fingerprint density at radius 1 is 1.44 bits per heavy atom. The number of likely N-dealkylation sites (N-methyl/N-ethyl adjacent to an activating group) is 1. The number of nitrogens with two attached hydrogens (primary N) is 1. The van der Waals surface area contributed by atoms with E-state index in [0.29, 0.717) is 0 Å². The molecule has 16 heavy (non-hydrogen) atoms. The highest BCUT2D eigenvalue weighted by Crippen LogP contribution is 2.24. The van der Waals surface area contributed by atoms with Crippen molar-refractivity contribution in [1.82, 2.24) is 9.88 Å². The largest absolute Gasteiger partial charge is 0.326 e. The van der Waals surface area contributed by atoms with E-state index in [2.05, 4.69) is 36.0 Å². The predicted molar refractivity (Wildman–Crippen MR) is 71.0 cm³/mol. The smallest absolute Gasteiger partial charge is 0.0944 e. The lowest BCUT2D eigenvalue weighted by Crippen LogP contribution is -2.34. The average Bonchev–Trinajstić information content (AvgIpc) is 2.49. The molecule has 0 radical (unpaired) electrons. The molecule has 1 heterocycles. The van der Waals surface area contributed by atoms with Crippen LogP contribution in [0, 0.1) is 0 Å². The van der Waals surface area contributed by atoms with Gasteiger partial charge in [0.2, 0.25) is 0 Å². The molecule has 0 aliphatic rings. The Bertz CT molecular complexity index is 325. The van der Waals surface area contributed by atoms with Crippen LogP contribution < -0.4 is 5.73 Å². The van der Waals surface area contributed by atoms with Crippen LogP contribution in [0.2, 0.25) is 0 Å². The molecular formula is C12H23N3S. The van der Waals surface area contributed by atoms with E-state index in [4.69, 9.17) is 5.73 Å². The van der Waals surface area contributed by atoms with Crippen molar-refractivity contribution in [2.75, 3.05) is 20.6 Å².